The van der Waals surface area contributed by atoms with Crippen LogP contribution in [0.2, 0.25) is 0 Å². The molecule has 1 saturated heterocycles. The third kappa shape index (κ3) is 3.84. The molecule has 4 nitrogen and oxygen atoms in total. The Balaban J connectivity index is 2.63. The van der Waals surface area contributed by atoms with E-state index in [1.54, 1.807) is 4.90 Å². The molecule has 0 bridgehead atoms. The molecule has 1 aliphatic heterocycles. The average Bonchev–Trinajstić information content (AvgIpc) is 2.25. The van der Waals surface area contributed by atoms with Gasteiger partial charge in [0.05, 0.1) is 0 Å². The monoisotopic (exact) mass is 266 g/mol. The molecule has 3 N–H and O–H groups in total. The Hall–Kier alpha value is -0.820. The third-order valence-electron chi connectivity index (χ3n) is 3.54. The van der Waals surface area contributed by atoms with Crippen molar-refractivity contribution in [3.05, 3.63) is 0 Å². The van der Waals surface area contributed by atoms with Crippen LogP contribution in [0.15, 0.2) is 0 Å². The van der Waals surface area contributed by atoms with Gasteiger partial charge in [-0.15, -0.1) is 0 Å². The fourth-order valence-corrected chi connectivity index (χ4v) is 2.25. The van der Waals surface area contributed by atoms with Crippen LogP contribution >= 0.6 is 0 Å². The maximum Gasteiger partial charge on any atom is 0.399 e. The molecule has 0 spiro atoms. The zero-order valence-electron chi connectivity index (χ0n) is 10.8. The van der Waals surface area contributed by atoms with Gasteiger partial charge in [-0.2, -0.15) is 13.2 Å². The van der Waals surface area contributed by atoms with Crippen molar-refractivity contribution in [2.45, 2.75) is 25.6 Å². The van der Waals surface area contributed by atoms with Gasteiger partial charge in [0.1, 0.15) is 11.8 Å². The summed E-state index contributed by atoms with van der Waals surface area (Å²) in [4.78, 5) is 3.92. The fourth-order valence-electron chi connectivity index (χ4n) is 2.25. The van der Waals surface area contributed by atoms with Crippen LogP contribution in [-0.2, 0) is 0 Å². The molecular weight excluding hydrogens is 245 g/mol. The summed E-state index contributed by atoms with van der Waals surface area (Å²) >= 11 is 0. The molecule has 0 aromatic carbocycles. The van der Waals surface area contributed by atoms with Crippen LogP contribution in [0, 0.1) is 11.3 Å². The summed E-state index contributed by atoms with van der Waals surface area (Å²) in [5.41, 5.74) is 5.06. The van der Waals surface area contributed by atoms with E-state index in [-0.39, 0.29) is 12.6 Å². The van der Waals surface area contributed by atoms with Gasteiger partial charge in [0.25, 0.3) is 0 Å². The lowest BCUT2D eigenvalue weighted by Gasteiger charge is -2.40. The predicted octanol–water partition coefficient (Wildman–Crippen LogP) is 1.13. The van der Waals surface area contributed by atoms with Crippen molar-refractivity contribution >= 4 is 5.84 Å². The van der Waals surface area contributed by atoms with Crippen molar-refractivity contribution < 1.29 is 13.2 Å². The Morgan fingerprint density at radius 1 is 1.44 bits per heavy atom. The Kier molecular flexibility index (Phi) is 4.98. The number of piperazine rings is 1. The topological polar surface area (TPSA) is 56.4 Å². The van der Waals surface area contributed by atoms with Crippen LogP contribution in [0.1, 0.15) is 13.3 Å². The van der Waals surface area contributed by atoms with Crippen LogP contribution < -0.4 is 5.73 Å². The molecule has 1 rings (SSSR count). The maximum absolute atomic E-state index is 12.7. The number of rotatable bonds is 4. The van der Waals surface area contributed by atoms with E-state index in [1.807, 2.05) is 14.0 Å². The minimum Gasteiger partial charge on any atom is -0.387 e. The average molecular weight is 266 g/mol. The molecule has 7 heteroatoms. The molecular formula is C11H21F3N4. The zero-order chi connectivity index (χ0) is 13.9. The van der Waals surface area contributed by atoms with Crippen LogP contribution in [0.5, 0.6) is 0 Å². The second kappa shape index (κ2) is 5.88. The number of amidine groups is 1. The van der Waals surface area contributed by atoms with Gasteiger partial charge in [-0.1, -0.05) is 6.92 Å². The first-order valence-electron chi connectivity index (χ1n) is 6.09. The van der Waals surface area contributed by atoms with Gasteiger partial charge in [-0.3, -0.25) is 10.3 Å². The van der Waals surface area contributed by atoms with E-state index in [4.69, 9.17) is 11.1 Å². The van der Waals surface area contributed by atoms with Crippen LogP contribution in [0.3, 0.4) is 0 Å². The first kappa shape index (κ1) is 15.2. The molecule has 1 heterocycles. The highest BCUT2D eigenvalue weighted by Gasteiger charge is 2.43. The van der Waals surface area contributed by atoms with Gasteiger partial charge < -0.3 is 10.6 Å². The Labute approximate surface area is 105 Å². The lowest BCUT2D eigenvalue weighted by molar-refractivity contribution is -0.161. The van der Waals surface area contributed by atoms with E-state index in [0.29, 0.717) is 13.1 Å². The molecule has 0 radical (unpaired) electrons. The van der Waals surface area contributed by atoms with E-state index in [0.717, 1.165) is 13.0 Å². The number of hydrogen-bond donors (Lipinski definition) is 2. The summed E-state index contributed by atoms with van der Waals surface area (Å²) in [5, 5.41) is 7.08. The number of alkyl halides is 3. The Morgan fingerprint density at radius 3 is 2.50 bits per heavy atom. The molecule has 2 atom stereocenters. The van der Waals surface area contributed by atoms with Crippen molar-refractivity contribution in [2.24, 2.45) is 11.7 Å². The van der Waals surface area contributed by atoms with Gasteiger partial charge in [-0.05, 0) is 13.5 Å². The Morgan fingerprint density at radius 2 is 2.06 bits per heavy atom. The minimum absolute atomic E-state index is 0.205. The van der Waals surface area contributed by atoms with Crippen LogP contribution in [0.4, 0.5) is 13.2 Å². The van der Waals surface area contributed by atoms with Crippen molar-refractivity contribution in [1.82, 2.24) is 9.80 Å². The number of likely N-dealkylation sites (N-methyl/N-ethyl adjacent to an activating group) is 1. The fraction of sp³-hybridized carbons (Fsp3) is 0.909. The number of nitrogens with one attached hydrogen (secondary N) is 1. The van der Waals surface area contributed by atoms with Gasteiger partial charge in [0, 0.05) is 32.2 Å². The highest BCUT2D eigenvalue weighted by Crippen LogP contribution is 2.27. The minimum atomic E-state index is -4.43. The van der Waals surface area contributed by atoms with Crippen molar-refractivity contribution in [3.8, 4) is 0 Å². The zero-order valence-corrected chi connectivity index (χ0v) is 10.8. The van der Waals surface area contributed by atoms with Crippen molar-refractivity contribution in [1.29, 1.82) is 5.41 Å². The van der Waals surface area contributed by atoms with Crippen LogP contribution in [0.25, 0.3) is 0 Å². The summed E-state index contributed by atoms with van der Waals surface area (Å²) in [6.07, 6.45) is -3.53. The molecule has 0 saturated carbocycles. The SMILES string of the molecule is CCC1CN(CC(C(=N)N)C(F)(F)F)CCN1C. The summed E-state index contributed by atoms with van der Waals surface area (Å²) in [5.74, 6) is -2.65. The molecule has 1 fully saturated rings. The number of hydrogen-bond acceptors (Lipinski definition) is 3. The van der Waals surface area contributed by atoms with Crippen molar-refractivity contribution in [3.63, 3.8) is 0 Å². The van der Waals surface area contributed by atoms with E-state index >= 15 is 0 Å². The normalized spacial score (nSPS) is 25.1. The molecule has 0 amide bonds. The van der Waals surface area contributed by atoms with Gasteiger partial charge in [-0.25, -0.2) is 0 Å². The van der Waals surface area contributed by atoms with E-state index in [2.05, 4.69) is 4.90 Å². The first-order chi connectivity index (χ1) is 8.25. The van der Waals surface area contributed by atoms with E-state index < -0.39 is 17.9 Å². The number of nitrogens with zero attached hydrogens (tertiary/aromatic N) is 2. The molecule has 0 aromatic heterocycles. The second-order valence-corrected chi connectivity index (χ2v) is 4.85. The highest BCUT2D eigenvalue weighted by atomic mass is 19.4. The molecule has 0 aromatic rings. The third-order valence-corrected chi connectivity index (χ3v) is 3.54. The lowest BCUT2D eigenvalue weighted by Crippen LogP contribution is -2.54. The van der Waals surface area contributed by atoms with Gasteiger partial charge in [0.15, 0.2) is 0 Å². The largest absolute Gasteiger partial charge is 0.399 e. The molecule has 1 aliphatic rings. The second-order valence-electron chi connectivity index (χ2n) is 4.85. The summed E-state index contributed by atoms with van der Waals surface area (Å²) < 4.78 is 38.2. The molecule has 106 valence electrons. The summed E-state index contributed by atoms with van der Waals surface area (Å²) in [6.45, 7) is 3.76. The number of halogens is 3. The Bertz CT molecular complexity index is 293. The van der Waals surface area contributed by atoms with Gasteiger partial charge in [0.2, 0.25) is 0 Å². The molecule has 0 aliphatic carbocycles. The molecule has 2 unspecified atom stereocenters. The van der Waals surface area contributed by atoms with Crippen molar-refractivity contribution in [2.75, 3.05) is 33.2 Å². The van der Waals surface area contributed by atoms with E-state index in [1.165, 1.54) is 0 Å². The highest BCUT2D eigenvalue weighted by molar-refractivity contribution is 5.80. The summed E-state index contributed by atoms with van der Waals surface area (Å²) in [7, 11) is 1.98. The standard InChI is InChI=1S/C11H21F3N4/c1-3-8-6-18(5-4-17(8)2)7-9(10(15)16)11(12,13)14/h8-9H,3-7H2,1-2H3,(H3,15,16). The number of nitrogens with two attached hydrogens (primary N) is 1. The smallest absolute Gasteiger partial charge is 0.387 e. The quantitative estimate of drug-likeness (QED) is 0.592. The molecule has 18 heavy (non-hydrogen) atoms. The van der Waals surface area contributed by atoms with E-state index in [9.17, 15) is 13.2 Å². The lowest BCUT2D eigenvalue weighted by atomic mass is 10.0. The van der Waals surface area contributed by atoms with Crippen LogP contribution in [-0.4, -0.2) is 61.1 Å². The maximum atomic E-state index is 12.7. The first-order valence-corrected chi connectivity index (χ1v) is 6.09. The summed E-state index contributed by atoms with van der Waals surface area (Å²) in [6, 6.07) is 0.277. The predicted molar refractivity (Wildman–Crippen MR) is 64.6 cm³/mol. The van der Waals surface area contributed by atoms with Gasteiger partial charge >= 0.3 is 6.18 Å².